The molecule has 0 aliphatic heterocycles. The van der Waals surface area contributed by atoms with Gasteiger partial charge in [-0.2, -0.15) is 0 Å². The minimum absolute atomic E-state index is 0.248. The van der Waals surface area contributed by atoms with Gasteiger partial charge in [0.05, 0.1) is 30.7 Å². The molecular weight excluding hydrogens is 476 g/mol. The third-order valence-electron chi connectivity index (χ3n) is 7.54. The van der Waals surface area contributed by atoms with Gasteiger partial charge in [0.2, 0.25) is 5.78 Å². The highest BCUT2D eigenvalue weighted by Crippen LogP contribution is 2.55. The number of carbonyl (C=O) groups excluding carboxylic acids is 4. The van der Waals surface area contributed by atoms with Crippen molar-refractivity contribution in [2.45, 2.75) is 30.6 Å². The second-order valence-electron chi connectivity index (χ2n) is 9.47. The van der Waals surface area contributed by atoms with Gasteiger partial charge < -0.3 is 36.0 Å². The van der Waals surface area contributed by atoms with Crippen LogP contribution in [0.5, 0.6) is 5.75 Å². The topological polar surface area (TPSA) is 208 Å². The number of primary amides is 1. The van der Waals surface area contributed by atoms with E-state index in [0.717, 1.165) is 7.11 Å². The maximum absolute atomic E-state index is 13.6. The molecule has 0 saturated carbocycles. The quantitative estimate of drug-likeness (QED) is 0.228. The van der Waals surface area contributed by atoms with Gasteiger partial charge in [0.1, 0.15) is 28.4 Å². The maximum atomic E-state index is 13.6. The molecule has 0 aromatic heterocycles. The van der Waals surface area contributed by atoms with Gasteiger partial charge >= 0.3 is 5.97 Å². The van der Waals surface area contributed by atoms with Crippen LogP contribution < -0.4 is 5.73 Å². The Kier molecular flexibility index (Phi) is 5.74. The summed E-state index contributed by atoms with van der Waals surface area (Å²) in [7, 11) is 3.99. The van der Waals surface area contributed by atoms with Crippen LogP contribution in [-0.2, 0) is 14.3 Å². The first-order valence-electron chi connectivity index (χ1n) is 11.0. The number of benzene rings is 1. The molecule has 0 spiro atoms. The Balaban J connectivity index is 2.04. The van der Waals surface area contributed by atoms with Crippen molar-refractivity contribution in [1.29, 1.82) is 0 Å². The zero-order chi connectivity index (χ0) is 27.0. The molecule has 0 unspecified atom stereocenters. The number of likely N-dealkylation sites (N-methyl/N-ethyl adjacent to an activating group) is 1. The Hall–Kier alpha value is -3.74. The predicted molar refractivity (Wildman–Crippen MR) is 121 cm³/mol. The van der Waals surface area contributed by atoms with Crippen LogP contribution in [0.15, 0.2) is 34.8 Å². The molecule has 7 N–H and O–H groups in total. The molecule has 1 aromatic rings. The molecule has 1 amide bonds. The Morgan fingerprint density at radius 1 is 1.14 bits per heavy atom. The molecule has 6 atom stereocenters. The normalized spacial score (nSPS) is 31.7. The SMILES string of the molecule is COC(=O)c1ccc2c(c1O)C(=O)C1=C(O)[C@]3(O)C(=O)C(C(N)=O)=C(O)[C@@H](N(C)C)[C@@H]3[C@@H](O)[C@@H]1[C@H]2C. The van der Waals surface area contributed by atoms with Crippen LogP contribution in [-0.4, -0.2) is 92.8 Å². The van der Waals surface area contributed by atoms with Gasteiger partial charge in [-0.1, -0.05) is 13.0 Å². The van der Waals surface area contributed by atoms with Crippen molar-refractivity contribution in [3.63, 3.8) is 0 Å². The zero-order valence-electron chi connectivity index (χ0n) is 19.8. The van der Waals surface area contributed by atoms with Crippen molar-refractivity contribution in [1.82, 2.24) is 4.90 Å². The molecule has 0 heterocycles. The number of carbonyl (C=O) groups is 4. The van der Waals surface area contributed by atoms with Crippen molar-refractivity contribution in [3.8, 4) is 5.75 Å². The van der Waals surface area contributed by atoms with E-state index < -0.39 is 87.4 Å². The lowest BCUT2D eigenvalue weighted by Crippen LogP contribution is -2.68. The van der Waals surface area contributed by atoms with Gasteiger partial charge in [0.25, 0.3) is 5.91 Å². The summed E-state index contributed by atoms with van der Waals surface area (Å²) < 4.78 is 4.62. The van der Waals surface area contributed by atoms with Crippen LogP contribution in [0.25, 0.3) is 0 Å². The molecule has 12 nitrogen and oxygen atoms in total. The first-order chi connectivity index (χ1) is 16.7. The summed E-state index contributed by atoms with van der Waals surface area (Å²) >= 11 is 0. The Morgan fingerprint density at radius 2 is 1.75 bits per heavy atom. The van der Waals surface area contributed by atoms with E-state index in [1.54, 1.807) is 6.92 Å². The molecule has 0 bridgehead atoms. The number of aliphatic hydroxyl groups excluding tert-OH is 3. The first kappa shape index (κ1) is 25.4. The second kappa shape index (κ2) is 8.15. The van der Waals surface area contributed by atoms with E-state index in [4.69, 9.17) is 5.73 Å². The van der Waals surface area contributed by atoms with Gasteiger partial charge in [0, 0.05) is 11.5 Å². The molecule has 4 rings (SSSR count). The average Bonchev–Trinajstić information content (AvgIpc) is 2.80. The zero-order valence-corrected chi connectivity index (χ0v) is 19.8. The lowest BCUT2D eigenvalue weighted by atomic mass is 9.55. The molecule has 0 saturated heterocycles. The van der Waals surface area contributed by atoms with Crippen LogP contribution in [0, 0.1) is 11.8 Å². The van der Waals surface area contributed by atoms with Crippen LogP contribution in [0.3, 0.4) is 0 Å². The second-order valence-corrected chi connectivity index (χ2v) is 9.47. The maximum Gasteiger partial charge on any atom is 0.341 e. The van der Waals surface area contributed by atoms with E-state index in [-0.39, 0.29) is 16.7 Å². The van der Waals surface area contributed by atoms with Crippen LogP contribution in [0.2, 0.25) is 0 Å². The number of amides is 1. The molecular formula is C24H26N2O10. The van der Waals surface area contributed by atoms with Crippen molar-refractivity contribution in [2.75, 3.05) is 21.2 Å². The number of Topliss-reactive ketones (excluding diaryl/α,β-unsaturated/α-hetero) is 2. The number of ketones is 2. The number of hydrogen-bond acceptors (Lipinski definition) is 11. The van der Waals surface area contributed by atoms with E-state index in [1.165, 1.54) is 31.1 Å². The van der Waals surface area contributed by atoms with Crippen molar-refractivity contribution < 1.29 is 49.4 Å². The lowest BCUT2D eigenvalue weighted by molar-refractivity contribution is -0.162. The molecule has 12 heteroatoms. The van der Waals surface area contributed by atoms with Crippen LogP contribution >= 0.6 is 0 Å². The largest absolute Gasteiger partial charge is 0.510 e. The van der Waals surface area contributed by atoms with E-state index in [0.29, 0.717) is 0 Å². The third kappa shape index (κ3) is 2.98. The highest BCUT2D eigenvalue weighted by molar-refractivity contribution is 6.25. The fourth-order valence-corrected chi connectivity index (χ4v) is 5.90. The fourth-order valence-electron chi connectivity index (χ4n) is 5.90. The van der Waals surface area contributed by atoms with E-state index in [9.17, 15) is 44.7 Å². The van der Waals surface area contributed by atoms with Crippen LogP contribution in [0.1, 0.15) is 39.1 Å². The standard InChI is InChI=1S/C24H26N2O10/c1-7-8-5-6-9(23(34)36-4)16(27)11(8)17(28)12-10(7)18(29)14-15(26(2)3)19(30)13(22(25)33)21(32)24(14,35)20(12)31/h5-7,10,14-15,18,27,29-31,35H,1-4H3,(H2,25,33)/t7-,10+,14+,15-,18-,24-/m0/s1. The molecule has 3 aliphatic rings. The monoisotopic (exact) mass is 502 g/mol. The summed E-state index contributed by atoms with van der Waals surface area (Å²) in [5, 5.41) is 55.9. The smallest absolute Gasteiger partial charge is 0.341 e. The van der Waals surface area contributed by atoms with Crippen molar-refractivity contribution in [2.24, 2.45) is 17.6 Å². The van der Waals surface area contributed by atoms with Gasteiger partial charge in [-0.15, -0.1) is 0 Å². The van der Waals surface area contributed by atoms with Gasteiger partial charge in [-0.25, -0.2) is 4.79 Å². The molecule has 0 radical (unpaired) electrons. The summed E-state index contributed by atoms with van der Waals surface area (Å²) in [5.41, 5.74) is 0.306. The summed E-state index contributed by atoms with van der Waals surface area (Å²) in [4.78, 5) is 52.4. The number of aromatic hydroxyl groups is 1. The number of phenols is 1. The lowest BCUT2D eigenvalue weighted by Gasteiger charge is -2.53. The molecule has 192 valence electrons. The highest BCUT2D eigenvalue weighted by atomic mass is 16.5. The number of hydrogen-bond donors (Lipinski definition) is 6. The molecule has 36 heavy (non-hydrogen) atoms. The van der Waals surface area contributed by atoms with Gasteiger partial charge in [0.15, 0.2) is 11.4 Å². The number of nitrogens with two attached hydrogens (primary N) is 1. The summed E-state index contributed by atoms with van der Waals surface area (Å²) in [6, 6.07) is 1.32. The van der Waals surface area contributed by atoms with E-state index in [1.807, 2.05) is 0 Å². The number of rotatable bonds is 3. The number of methoxy groups -OCH3 is 1. The average molecular weight is 502 g/mol. The predicted octanol–water partition coefficient (Wildman–Crippen LogP) is -0.561. The fraction of sp³-hybridized carbons (Fsp3) is 0.417. The van der Waals surface area contributed by atoms with Gasteiger partial charge in [-0.05, 0) is 31.6 Å². The summed E-state index contributed by atoms with van der Waals surface area (Å²) in [6.45, 7) is 1.59. The Labute approximate surface area is 204 Å². The molecule has 1 aromatic carbocycles. The minimum Gasteiger partial charge on any atom is -0.510 e. The van der Waals surface area contributed by atoms with Gasteiger partial charge in [-0.3, -0.25) is 19.3 Å². The van der Waals surface area contributed by atoms with Crippen molar-refractivity contribution >= 4 is 23.4 Å². The number of aliphatic hydroxyl groups is 4. The summed E-state index contributed by atoms with van der Waals surface area (Å²) in [5.74, 6) is -11.0. The van der Waals surface area contributed by atoms with Crippen LogP contribution in [0.4, 0.5) is 0 Å². The number of esters is 1. The molecule has 3 aliphatic carbocycles. The Bertz CT molecular complexity index is 1300. The van der Waals surface area contributed by atoms with Crippen molar-refractivity contribution in [3.05, 3.63) is 51.5 Å². The third-order valence-corrected chi connectivity index (χ3v) is 7.54. The number of nitrogens with zero attached hydrogens (tertiary/aromatic N) is 1. The number of phenolic OH excluding ortho intramolecular Hbond substituents is 1. The molecule has 0 fully saturated rings. The summed E-state index contributed by atoms with van der Waals surface area (Å²) in [6.07, 6.45) is -1.69. The first-order valence-corrected chi connectivity index (χ1v) is 11.0. The van der Waals surface area contributed by atoms with E-state index >= 15 is 0 Å². The van der Waals surface area contributed by atoms with E-state index in [2.05, 4.69) is 4.74 Å². The highest BCUT2D eigenvalue weighted by Gasteiger charge is 2.67. The number of ether oxygens (including phenoxy) is 1. The number of fused-ring (bicyclic) bond motifs is 3. The Morgan fingerprint density at radius 3 is 2.28 bits per heavy atom. The minimum atomic E-state index is -3.00.